The van der Waals surface area contributed by atoms with Gasteiger partial charge in [-0.2, -0.15) is 8.78 Å². The minimum absolute atomic E-state index is 0.0388. The number of halogens is 2. The number of aliphatic carboxylic acids is 1. The highest BCUT2D eigenvalue weighted by atomic mass is 32.2. The maximum absolute atomic E-state index is 12.4. The summed E-state index contributed by atoms with van der Waals surface area (Å²) in [6, 6.07) is 2.69. The number of allylic oxidation sites excluding steroid dienone is 1. The number of carboxylic acids is 1. The molecule has 6 nitrogen and oxygen atoms in total. The van der Waals surface area contributed by atoms with Gasteiger partial charge in [-0.3, -0.25) is 4.79 Å². The molecule has 0 saturated heterocycles. The number of amides is 1. The zero-order valence-electron chi connectivity index (χ0n) is 11.9. The second-order valence-electron chi connectivity index (χ2n) is 4.56. The summed E-state index contributed by atoms with van der Waals surface area (Å²) >= 11 is 0. The molecule has 0 aliphatic carbocycles. The van der Waals surface area contributed by atoms with Crippen molar-refractivity contribution in [2.24, 2.45) is 0 Å². The third-order valence-electron chi connectivity index (χ3n) is 2.94. The van der Waals surface area contributed by atoms with Crippen LogP contribution in [0.25, 0.3) is 0 Å². The number of rotatable bonds is 8. The van der Waals surface area contributed by atoms with Gasteiger partial charge in [-0.15, -0.1) is 6.58 Å². The number of alkyl halides is 2. The Bertz CT molecular complexity index is 686. The maximum Gasteiger partial charge on any atom is 0.341 e. The molecular formula is C14H15F2NO5S. The summed E-state index contributed by atoms with van der Waals surface area (Å²) < 4.78 is 47.3. The zero-order chi connectivity index (χ0) is 17.6. The molecule has 0 aromatic heterocycles. The van der Waals surface area contributed by atoms with Crippen LogP contribution in [0.3, 0.4) is 0 Å². The molecule has 2 N–H and O–H groups in total. The average molecular weight is 347 g/mol. The second kappa shape index (κ2) is 7.82. The molecule has 0 bridgehead atoms. The van der Waals surface area contributed by atoms with Crippen LogP contribution in [0.2, 0.25) is 0 Å². The van der Waals surface area contributed by atoms with E-state index in [2.05, 4.69) is 11.9 Å². The van der Waals surface area contributed by atoms with Crippen molar-refractivity contribution in [2.45, 2.75) is 29.5 Å². The first-order valence-electron chi connectivity index (χ1n) is 6.46. The smallest absolute Gasteiger partial charge is 0.341 e. The quantitative estimate of drug-likeness (QED) is 0.699. The van der Waals surface area contributed by atoms with E-state index < -0.39 is 38.4 Å². The minimum Gasteiger partial charge on any atom is -0.480 e. The largest absolute Gasteiger partial charge is 0.480 e. The van der Waals surface area contributed by atoms with E-state index in [1.165, 1.54) is 6.08 Å². The lowest BCUT2D eigenvalue weighted by molar-refractivity contribution is -0.139. The Morgan fingerprint density at radius 2 is 1.83 bits per heavy atom. The number of carbonyl (C=O) groups excluding carboxylic acids is 1. The van der Waals surface area contributed by atoms with Crippen LogP contribution in [0.4, 0.5) is 8.78 Å². The highest BCUT2D eigenvalue weighted by Gasteiger charge is 2.27. The fourth-order valence-corrected chi connectivity index (χ4v) is 2.40. The highest BCUT2D eigenvalue weighted by molar-refractivity contribution is 7.91. The van der Waals surface area contributed by atoms with Gasteiger partial charge in [-0.1, -0.05) is 6.08 Å². The van der Waals surface area contributed by atoms with Crippen molar-refractivity contribution in [1.29, 1.82) is 0 Å². The van der Waals surface area contributed by atoms with Gasteiger partial charge < -0.3 is 10.4 Å². The Hall–Kier alpha value is -2.29. The van der Waals surface area contributed by atoms with Crippen LogP contribution in [0.5, 0.6) is 0 Å². The maximum atomic E-state index is 12.4. The molecule has 1 rings (SSSR count). The van der Waals surface area contributed by atoms with Crippen LogP contribution < -0.4 is 5.32 Å². The summed E-state index contributed by atoms with van der Waals surface area (Å²) in [7, 11) is -4.74. The molecule has 0 saturated carbocycles. The summed E-state index contributed by atoms with van der Waals surface area (Å²) in [5.74, 6) is -5.53. The number of sulfone groups is 1. The van der Waals surface area contributed by atoms with Crippen LogP contribution in [0.15, 0.2) is 41.8 Å². The molecule has 9 heteroatoms. The van der Waals surface area contributed by atoms with Crippen molar-refractivity contribution in [3.63, 3.8) is 0 Å². The lowest BCUT2D eigenvalue weighted by Crippen LogP contribution is -2.40. The molecule has 0 spiro atoms. The first kappa shape index (κ1) is 18.8. The van der Waals surface area contributed by atoms with Gasteiger partial charge in [0.05, 0.1) is 4.90 Å². The van der Waals surface area contributed by atoms with E-state index >= 15 is 0 Å². The zero-order valence-corrected chi connectivity index (χ0v) is 12.7. The van der Waals surface area contributed by atoms with Crippen LogP contribution >= 0.6 is 0 Å². The van der Waals surface area contributed by atoms with Crippen molar-refractivity contribution in [2.75, 3.05) is 0 Å². The summed E-state index contributed by atoms with van der Waals surface area (Å²) in [4.78, 5) is 22.3. The van der Waals surface area contributed by atoms with E-state index in [1.54, 1.807) is 0 Å². The van der Waals surface area contributed by atoms with E-state index in [0.29, 0.717) is 6.42 Å². The molecule has 1 amide bonds. The summed E-state index contributed by atoms with van der Waals surface area (Å²) in [5.41, 5.74) is -0.0388. The Balaban J connectivity index is 2.89. The van der Waals surface area contributed by atoms with Crippen LogP contribution in [0, 0.1) is 0 Å². The van der Waals surface area contributed by atoms with Gasteiger partial charge in [-0.05, 0) is 37.1 Å². The summed E-state index contributed by atoms with van der Waals surface area (Å²) in [6.07, 6.45) is 2.03. The third-order valence-corrected chi connectivity index (χ3v) is 4.34. The minimum atomic E-state index is -4.74. The molecule has 1 atom stereocenters. The molecule has 0 heterocycles. The molecule has 0 fully saturated rings. The van der Waals surface area contributed by atoms with E-state index in [9.17, 15) is 26.8 Å². The predicted octanol–water partition coefficient (Wildman–Crippen LogP) is 1.83. The number of hydrogen-bond acceptors (Lipinski definition) is 4. The Morgan fingerprint density at radius 3 is 2.26 bits per heavy atom. The number of benzene rings is 1. The standard InChI is InChI=1S/C14H15F2NO5S/c1-2-3-4-11(13(19)20)17-12(18)9-5-7-10(8-6-9)23(21,22)14(15)16/h2,5-8,11,14H,1,3-4H2,(H,17,18)(H,19,20). The van der Waals surface area contributed by atoms with Gasteiger partial charge in [0.25, 0.3) is 5.91 Å². The van der Waals surface area contributed by atoms with E-state index in [4.69, 9.17) is 5.11 Å². The van der Waals surface area contributed by atoms with E-state index in [1.807, 2.05) is 0 Å². The van der Waals surface area contributed by atoms with Crippen LogP contribution in [-0.2, 0) is 14.6 Å². The number of nitrogens with one attached hydrogen (secondary N) is 1. The van der Waals surface area contributed by atoms with Crippen molar-refractivity contribution >= 4 is 21.7 Å². The number of carbonyl (C=O) groups is 2. The van der Waals surface area contributed by atoms with Crippen molar-refractivity contribution in [3.05, 3.63) is 42.5 Å². The Kier molecular flexibility index (Phi) is 6.38. The molecule has 1 unspecified atom stereocenters. The van der Waals surface area contributed by atoms with Gasteiger partial charge >= 0.3 is 11.7 Å². The monoisotopic (exact) mass is 347 g/mol. The van der Waals surface area contributed by atoms with Gasteiger partial charge in [0.1, 0.15) is 6.04 Å². The van der Waals surface area contributed by atoms with Crippen molar-refractivity contribution < 1.29 is 31.9 Å². The summed E-state index contributed by atoms with van der Waals surface area (Å²) in [6.45, 7) is 3.45. The average Bonchev–Trinajstić information content (AvgIpc) is 2.50. The fourth-order valence-electron chi connectivity index (χ4n) is 1.68. The van der Waals surface area contributed by atoms with Crippen molar-refractivity contribution in [1.82, 2.24) is 5.32 Å². The number of carboxylic acid groups (broad SMARTS) is 1. The molecule has 23 heavy (non-hydrogen) atoms. The van der Waals surface area contributed by atoms with Gasteiger partial charge in [0.15, 0.2) is 0 Å². The Labute approximate surface area is 131 Å². The normalized spacial score (nSPS) is 12.7. The fraction of sp³-hybridized carbons (Fsp3) is 0.286. The lowest BCUT2D eigenvalue weighted by Gasteiger charge is -2.13. The third kappa shape index (κ3) is 4.85. The van der Waals surface area contributed by atoms with Crippen LogP contribution in [0.1, 0.15) is 23.2 Å². The van der Waals surface area contributed by atoms with E-state index in [0.717, 1.165) is 24.3 Å². The second-order valence-corrected chi connectivity index (χ2v) is 6.48. The predicted molar refractivity (Wildman–Crippen MR) is 78.0 cm³/mol. The van der Waals surface area contributed by atoms with Crippen molar-refractivity contribution in [3.8, 4) is 0 Å². The first-order valence-corrected chi connectivity index (χ1v) is 8.01. The molecule has 126 valence electrons. The van der Waals surface area contributed by atoms with Gasteiger partial charge in [-0.25, -0.2) is 13.2 Å². The topological polar surface area (TPSA) is 101 Å². The number of hydrogen-bond donors (Lipinski definition) is 2. The van der Waals surface area contributed by atoms with Gasteiger partial charge in [0.2, 0.25) is 9.84 Å². The summed E-state index contributed by atoms with van der Waals surface area (Å²) in [5, 5.41) is 11.3. The molecule has 0 radical (unpaired) electrons. The molecule has 1 aromatic rings. The van der Waals surface area contributed by atoms with Gasteiger partial charge in [0, 0.05) is 5.56 Å². The Morgan fingerprint density at radius 1 is 1.26 bits per heavy atom. The lowest BCUT2D eigenvalue weighted by atomic mass is 10.1. The van der Waals surface area contributed by atoms with E-state index in [-0.39, 0.29) is 12.0 Å². The van der Waals surface area contributed by atoms with Crippen LogP contribution in [-0.4, -0.2) is 37.2 Å². The molecule has 1 aromatic carbocycles. The SMILES string of the molecule is C=CCCC(NC(=O)c1ccc(S(=O)(=O)C(F)F)cc1)C(=O)O. The first-order chi connectivity index (χ1) is 10.7. The molecule has 0 aliphatic heterocycles. The highest BCUT2D eigenvalue weighted by Crippen LogP contribution is 2.18. The molecule has 0 aliphatic rings. The molecular weight excluding hydrogens is 332 g/mol.